The Balaban J connectivity index is 1.79. The summed E-state index contributed by atoms with van der Waals surface area (Å²) in [5, 5.41) is 13.1. The second-order valence-electron chi connectivity index (χ2n) is 6.97. The summed E-state index contributed by atoms with van der Waals surface area (Å²) in [7, 11) is 0. The van der Waals surface area contributed by atoms with E-state index in [9.17, 15) is 5.26 Å². The van der Waals surface area contributed by atoms with Crippen LogP contribution in [0.25, 0.3) is 0 Å². The van der Waals surface area contributed by atoms with Crippen molar-refractivity contribution in [3.8, 4) is 6.07 Å². The number of hydrogen-bond acceptors (Lipinski definition) is 5. The summed E-state index contributed by atoms with van der Waals surface area (Å²) in [5.41, 5.74) is 4.77. The molecule has 0 fully saturated rings. The molecule has 5 nitrogen and oxygen atoms in total. The zero-order chi connectivity index (χ0) is 20.6. The average Bonchev–Trinajstić information content (AvgIpc) is 2.83. The quantitative estimate of drug-likeness (QED) is 0.505. The van der Waals surface area contributed by atoms with Gasteiger partial charge in [0.1, 0.15) is 0 Å². The molecule has 0 saturated heterocycles. The van der Waals surface area contributed by atoms with E-state index in [1.807, 2.05) is 60.9 Å². The van der Waals surface area contributed by atoms with Gasteiger partial charge >= 0.3 is 0 Å². The van der Waals surface area contributed by atoms with Crippen molar-refractivity contribution >= 4 is 0 Å². The molecule has 4 rings (SSSR count). The molecular weight excluding hydrogens is 370 g/mol. The minimum absolute atomic E-state index is 0.0370. The van der Waals surface area contributed by atoms with Gasteiger partial charge in [-0.1, -0.05) is 30.3 Å². The van der Waals surface area contributed by atoms with Crippen LogP contribution in [0.4, 0.5) is 0 Å². The number of pyridine rings is 3. The van der Waals surface area contributed by atoms with Crippen LogP contribution in [0.15, 0.2) is 97.7 Å². The maximum absolute atomic E-state index is 9.42. The van der Waals surface area contributed by atoms with Crippen LogP contribution in [0, 0.1) is 11.3 Å². The van der Waals surface area contributed by atoms with Crippen molar-refractivity contribution in [3.05, 3.63) is 126 Å². The van der Waals surface area contributed by atoms with Crippen molar-refractivity contribution in [2.45, 2.75) is 18.5 Å². The first-order valence-corrected chi connectivity index (χ1v) is 9.78. The van der Waals surface area contributed by atoms with E-state index >= 15 is 0 Å². The molecular formula is C25H21N5. The highest BCUT2D eigenvalue weighted by Crippen LogP contribution is 2.36. The molecule has 146 valence electrons. The molecule has 0 aliphatic carbocycles. The van der Waals surface area contributed by atoms with E-state index in [4.69, 9.17) is 0 Å². The third kappa shape index (κ3) is 4.57. The van der Waals surface area contributed by atoms with E-state index in [0.717, 1.165) is 22.4 Å². The Morgan fingerprint density at radius 3 is 2.13 bits per heavy atom. The van der Waals surface area contributed by atoms with E-state index in [-0.39, 0.29) is 12.0 Å². The van der Waals surface area contributed by atoms with E-state index in [0.29, 0.717) is 12.1 Å². The van der Waals surface area contributed by atoms with Crippen LogP contribution in [0.2, 0.25) is 0 Å². The minimum Gasteiger partial charge on any atom is -0.303 e. The van der Waals surface area contributed by atoms with Gasteiger partial charge in [0.2, 0.25) is 0 Å². The fraction of sp³-hybridized carbons (Fsp3) is 0.120. The highest BCUT2D eigenvalue weighted by atomic mass is 14.9. The molecule has 1 unspecified atom stereocenters. The molecule has 4 aromatic rings. The van der Waals surface area contributed by atoms with E-state index in [1.165, 1.54) is 0 Å². The number of hydrogen-bond donors (Lipinski definition) is 1. The Kier molecular flexibility index (Phi) is 6.19. The van der Waals surface area contributed by atoms with Gasteiger partial charge in [-0.05, 0) is 53.1 Å². The second kappa shape index (κ2) is 9.55. The smallest absolute Gasteiger partial charge is 0.0991 e. The van der Waals surface area contributed by atoms with Crippen molar-refractivity contribution < 1.29 is 0 Å². The summed E-state index contributed by atoms with van der Waals surface area (Å²) >= 11 is 0. The number of nitriles is 1. The van der Waals surface area contributed by atoms with Crippen molar-refractivity contribution in [2.24, 2.45) is 0 Å². The zero-order valence-electron chi connectivity index (χ0n) is 16.4. The van der Waals surface area contributed by atoms with Gasteiger partial charge in [-0.25, -0.2) is 0 Å². The predicted octanol–water partition coefficient (Wildman–Crippen LogP) is 4.41. The van der Waals surface area contributed by atoms with Gasteiger partial charge in [-0.2, -0.15) is 5.26 Å². The van der Waals surface area contributed by atoms with Crippen LogP contribution < -0.4 is 5.32 Å². The fourth-order valence-electron chi connectivity index (χ4n) is 3.64. The molecule has 30 heavy (non-hydrogen) atoms. The summed E-state index contributed by atoms with van der Waals surface area (Å²) < 4.78 is 0. The van der Waals surface area contributed by atoms with Crippen LogP contribution >= 0.6 is 0 Å². The fourth-order valence-corrected chi connectivity index (χ4v) is 3.64. The number of nitrogens with zero attached hydrogens (tertiary/aromatic N) is 4. The van der Waals surface area contributed by atoms with Crippen molar-refractivity contribution in [1.82, 2.24) is 20.3 Å². The van der Waals surface area contributed by atoms with Gasteiger partial charge in [0.05, 0.1) is 17.3 Å². The van der Waals surface area contributed by atoms with Gasteiger partial charge in [-0.3, -0.25) is 15.0 Å². The van der Waals surface area contributed by atoms with Crippen LogP contribution in [-0.4, -0.2) is 15.0 Å². The lowest BCUT2D eigenvalue weighted by Crippen LogP contribution is -2.28. The van der Waals surface area contributed by atoms with Crippen molar-refractivity contribution in [3.63, 3.8) is 0 Å². The van der Waals surface area contributed by atoms with Crippen LogP contribution in [0.1, 0.15) is 39.9 Å². The Morgan fingerprint density at radius 2 is 1.53 bits per heavy atom. The SMILES string of the molecule is N#Cc1cccc(C(NCc2ccccn2)C(c2cccnc2)c2cccnc2)c1. The standard InChI is InChI=1S/C25H21N5/c26-15-19-6-3-7-20(14-19)25(30-18-23-10-1-2-13-29-23)24(21-8-4-11-27-16-21)22-9-5-12-28-17-22/h1-14,16-17,24-25,30H,18H2. The van der Waals surface area contributed by atoms with Gasteiger partial charge in [-0.15, -0.1) is 0 Å². The predicted molar refractivity (Wildman–Crippen MR) is 115 cm³/mol. The largest absolute Gasteiger partial charge is 0.303 e. The van der Waals surface area contributed by atoms with Gasteiger partial charge in [0.15, 0.2) is 0 Å². The number of rotatable bonds is 7. The first-order valence-electron chi connectivity index (χ1n) is 9.78. The first-order chi connectivity index (χ1) is 14.8. The van der Waals surface area contributed by atoms with Crippen LogP contribution in [-0.2, 0) is 6.54 Å². The maximum atomic E-state index is 9.42. The Bertz CT molecular complexity index is 1070. The molecule has 0 amide bonds. The molecule has 0 saturated carbocycles. The van der Waals surface area contributed by atoms with Crippen molar-refractivity contribution in [2.75, 3.05) is 0 Å². The Hall–Kier alpha value is -3.88. The average molecular weight is 391 g/mol. The maximum Gasteiger partial charge on any atom is 0.0991 e. The van der Waals surface area contributed by atoms with Crippen molar-refractivity contribution in [1.29, 1.82) is 5.26 Å². The summed E-state index contributed by atoms with van der Waals surface area (Å²) in [4.78, 5) is 13.1. The highest BCUT2D eigenvalue weighted by molar-refractivity contribution is 5.39. The zero-order valence-corrected chi connectivity index (χ0v) is 16.4. The van der Waals surface area contributed by atoms with Gasteiger partial charge in [0.25, 0.3) is 0 Å². The summed E-state index contributed by atoms with van der Waals surface area (Å²) in [6.07, 6.45) is 9.12. The lowest BCUT2D eigenvalue weighted by Gasteiger charge is -2.29. The molecule has 0 bridgehead atoms. The third-order valence-corrected chi connectivity index (χ3v) is 5.02. The van der Waals surface area contributed by atoms with Gasteiger partial charge < -0.3 is 5.32 Å². The Labute approximate surface area is 176 Å². The number of aromatic nitrogens is 3. The molecule has 0 spiro atoms. The topological polar surface area (TPSA) is 74.5 Å². The first kappa shape index (κ1) is 19.4. The van der Waals surface area contributed by atoms with E-state index < -0.39 is 0 Å². The molecule has 1 N–H and O–H groups in total. The lowest BCUT2D eigenvalue weighted by molar-refractivity contribution is 0.478. The molecule has 0 aliphatic heterocycles. The van der Waals surface area contributed by atoms with E-state index in [2.05, 4.69) is 44.5 Å². The molecule has 0 aliphatic rings. The third-order valence-electron chi connectivity index (χ3n) is 5.02. The van der Waals surface area contributed by atoms with Gasteiger partial charge in [0, 0.05) is 49.5 Å². The number of nitrogens with one attached hydrogen (secondary N) is 1. The molecule has 3 aromatic heterocycles. The molecule has 1 atom stereocenters. The monoisotopic (exact) mass is 391 g/mol. The normalized spacial score (nSPS) is 11.7. The van der Waals surface area contributed by atoms with Crippen LogP contribution in [0.5, 0.6) is 0 Å². The second-order valence-corrected chi connectivity index (χ2v) is 6.97. The minimum atomic E-state index is -0.103. The van der Waals surface area contributed by atoms with Crippen LogP contribution in [0.3, 0.4) is 0 Å². The molecule has 3 heterocycles. The number of benzene rings is 1. The Morgan fingerprint density at radius 1 is 0.800 bits per heavy atom. The lowest BCUT2D eigenvalue weighted by atomic mass is 9.82. The molecule has 5 heteroatoms. The highest BCUT2D eigenvalue weighted by Gasteiger charge is 2.27. The summed E-state index contributed by atoms with van der Waals surface area (Å²) in [6.45, 7) is 0.597. The van der Waals surface area contributed by atoms with E-state index in [1.54, 1.807) is 18.6 Å². The molecule has 0 radical (unpaired) electrons. The summed E-state index contributed by atoms with van der Waals surface area (Å²) in [6, 6.07) is 23.8. The molecule has 1 aromatic carbocycles. The summed E-state index contributed by atoms with van der Waals surface area (Å²) in [5.74, 6) is -0.0370.